The molecule has 1 rings (SSSR count). The molecule has 1 aromatic rings. The molecule has 0 aliphatic rings. The quantitative estimate of drug-likeness (QED) is 0.848. The van der Waals surface area contributed by atoms with E-state index in [4.69, 9.17) is 23.1 Å². The van der Waals surface area contributed by atoms with Crippen molar-refractivity contribution in [3.05, 3.63) is 34.9 Å². The Bertz CT molecular complexity index is 333. The second-order valence-electron chi connectivity index (χ2n) is 5.19. The second-order valence-corrected chi connectivity index (χ2v) is 5.63. The molecular weight excluding hydrogens is 232 g/mol. The molecule has 3 atom stereocenters. The Kier molecular flexibility index (Phi) is 5.44. The summed E-state index contributed by atoms with van der Waals surface area (Å²) in [6, 6.07) is 8.22. The summed E-state index contributed by atoms with van der Waals surface area (Å²) in [4.78, 5) is 0. The lowest BCUT2D eigenvalue weighted by Gasteiger charge is -2.28. The van der Waals surface area contributed by atoms with Crippen LogP contribution in [0.2, 0.25) is 5.02 Å². The van der Waals surface area contributed by atoms with Crippen LogP contribution in [0.25, 0.3) is 0 Å². The summed E-state index contributed by atoms with van der Waals surface area (Å²) in [6.07, 6.45) is 0.904. The maximum atomic E-state index is 6.29. The van der Waals surface area contributed by atoms with Crippen LogP contribution in [0.5, 0.6) is 0 Å². The summed E-state index contributed by atoms with van der Waals surface area (Å²) in [5.41, 5.74) is 13.4. The van der Waals surface area contributed by atoms with Gasteiger partial charge < -0.3 is 11.5 Å². The molecule has 0 fully saturated rings. The third-order valence-electron chi connectivity index (χ3n) is 3.16. The molecule has 0 heterocycles. The fourth-order valence-electron chi connectivity index (χ4n) is 2.09. The molecule has 0 aliphatic heterocycles. The molecule has 3 heteroatoms. The molecule has 0 aromatic heterocycles. The molecule has 4 N–H and O–H groups in total. The molecule has 3 unspecified atom stereocenters. The third-order valence-corrected chi connectivity index (χ3v) is 3.41. The fraction of sp³-hybridized carbons (Fsp3) is 0.571. The highest BCUT2D eigenvalue weighted by atomic mass is 35.5. The number of rotatable bonds is 5. The van der Waals surface area contributed by atoms with Crippen LogP contribution < -0.4 is 11.5 Å². The van der Waals surface area contributed by atoms with Crippen LogP contribution in [-0.2, 0) is 0 Å². The Balaban J connectivity index is 2.93. The standard InChI is InChI=1S/C14H23ClN2/c1-9(2)14(17)13(8-10(3)16)11-4-6-12(15)7-5-11/h4-7,9-10,13-14H,8,16-17H2,1-3H3. The molecule has 0 spiro atoms. The average molecular weight is 255 g/mol. The maximum absolute atomic E-state index is 6.29. The molecule has 0 amide bonds. The van der Waals surface area contributed by atoms with Gasteiger partial charge in [0.2, 0.25) is 0 Å². The first-order valence-corrected chi connectivity index (χ1v) is 6.56. The summed E-state index contributed by atoms with van der Waals surface area (Å²) in [5, 5.41) is 0.756. The van der Waals surface area contributed by atoms with Gasteiger partial charge in [-0.25, -0.2) is 0 Å². The van der Waals surface area contributed by atoms with Crippen molar-refractivity contribution in [3.8, 4) is 0 Å². The molecule has 2 nitrogen and oxygen atoms in total. The first-order valence-electron chi connectivity index (χ1n) is 6.18. The number of hydrogen-bond donors (Lipinski definition) is 2. The van der Waals surface area contributed by atoms with Gasteiger partial charge >= 0.3 is 0 Å². The van der Waals surface area contributed by atoms with E-state index in [1.807, 2.05) is 19.1 Å². The summed E-state index contributed by atoms with van der Waals surface area (Å²) in [7, 11) is 0. The van der Waals surface area contributed by atoms with E-state index in [0.717, 1.165) is 11.4 Å². The van der Waals surface area contributed by atoms with Gasteiger partial charge in [0.15, 0.2) is 0 Å². The van der Waals surface area contributed by atoms with E-state index in [9.17, 15) is 0 Å². The van der Waals surface area contributed by atoms with Crippen molar-refractivity contribution in [3.63, 3.8) is 0 Å². The molecule has 0 radical (unpaired) electrons. The van der Waals surface area contributed by atoms with Gasteiger partial charge in [-0.1, -0.05) is 37.6 Å². The molecule has 0 bridgehead atoms. The summed E-state index contributed by atoms with van der Waals surface area (Å²) in [6.45, 7) is 6.32. The molecule has 1 aromatic carbocycles. The van der Waals surface area contributed by atoms with Crippen molar-refractivity contribution in [1.29, 1.82) is 0 Å². The largest absolute Gasteiger partial charge is 0.328 e. The van der Waals surface area contributed by atoms with Crippen LogP contribution >= 0.6 is 11.6 Å². The average Bonchev–Trinajstić information content (AvgIpc) is 2.26. The van der Waals surface area contributed by atoms with Gasteiger partial charge in [0, 0.05) is 23.0 Å². The van der Waals surface area contributed by atoms with Crippen molar-refractivity contribution in [1.82, 2.24) is 0 Å². The first-order chi connectivity index (χ1) is 7.91. The second kappa shape index (κ2) is 6.39. The predicted molar refractivity (Wildman–Crippen MR) is 75.3 cm³/mol. The van der Waals surface area contributed by atoms with E-state index < -0.39 is 0 Å². The number of nitrogens with two attached hydrogens (primary N) is 2. The summed E-state index contributed by atoms with van der Waals surface area (Å²) >= 11 is 5.91. The minimum absolute atomic E-state index is 0.127. The molecule has 0 saturated heterocycles. The van der Waals surface area contributed by atoms with Gasteiger partial charge in [-0.2, -0.15) is 0 Å². The van der Waals surface area contributed by atoms with E-state index in [1.54, 1.807) is 0 Å². The Labute approximate surface area is 109 Å². The zero-order valence-electron chi connectivity index (χ0n) is 10.9. The summed E-state index contributed by atoms with van der Waals surface area (Å²) < 4.78 is 0. The van der Waals surface area contributed by atoms with Gasteiger partial charge in [-0.15, -0.1) is 0 Å². The monoisotopic (exact) mass is 254 g/mol. The minimum atomic E-state index is 0.127. The number of benzene rings is 1. The van der Waals surface area contributed by atoms with E-state index in [2.05, 4.69) is 26.0 Å². The molecule has 96 valence electrons. The van der Waals surface area contributed by atoms with Gasteiger partial charge in [-0.3, -0.25) is 0 Å². The van der Waals surface area contributed by atoms with Crippen molar-refractivity contribution >= 4 is 11.6 Å². The molecular formula is C14H23ClN2. The minimum Gasteiger partial charge on any atom is -0.328 e. The maximum Gasteiger partial charge on any atom is 0.0406 e. The van der Waals surface area contributed by atoms with E-state index in [0.29, 0.717) is 11.8 Å². The highest BCUT2D eigenvalue weighted by Crippen LogP contribution is 2.28. The lowest BCUT2D eigenvalue weighted by molar-refractivity contribution is 0.383. The Morgan fingerprint density at radius 1 is 1.06 bits per heavy atom. The summed E-state index contributed by atoms with van der Waals surface area (Å²) in [5.74, 6) is 0.738. The first kappa shape index (κ1) is 14.5. The Morgan fingerprint density at radius 2 is 1.59 bits per heavy atom. The smallest absolute Gasteiger partial charge is 0.0406 e. The van der Waals surface area contributed by atoms with Crippen molar-refractivity contribution < 1.29 is 0 Å². The van der Waals surface area contributed by atoms with Crippen molar-refractivity contribution in [2.24, 2.45) is 17.4 Å². The van der Waals surface area contributed by atoms with Crippen LogP contribution in [0.15, 0.2) is 24.3 Å². The third kappa shape index (κ3) is 4.30. The molecule has 17 heavy (non-hydrogen) atoms. The Hall–Kier alpha value is -0.570. The highest BCUT2D eigenvalue weighted by Gasteiger charge is 2.23. The van der Waals surface area contributed by atoms with E-state index in [1.165, 1.54) is 5.56 Å². The fourth-order valence-corrected chi connectivity index (χ4v) is 2.22. The lowest BCUT2D eigenvalue weighted by Crippen LogP contribution is -2.36. The van der Waals surface area contributed by atoms with Gasteiger partial charge in [0.05, 0.1) is 0 Å². The van der Waals surface area contributed by atoms with Crippen LogP contribution in [0.3, 0.4) is 0 Å². The van der Waals surface area contributed by atoms with E-state index >= 15 is 0 Å². The lowest BCUT2D eigenvalue weighted by atomic mass is 9.82. The normalized spacial score (nSPS) is 16.9. The zero-order valence-corrected chi connectivity index (χ0v) is 11.6. The van der Waals surface area contributed by atoms with Crippen LogP contribution in [-0.4, -0.2) is 12.1 Å². The predicted octanol–water partition coefficient (Wildman–Crippen LogP) is 3.14. The van der Waals surface area contributed by atoms with Crippen LogP contribution in [0.4, 0.5) is 0 Å². The number of hydrogen-bond acceptors (Lipinski definition) is 2. The highest BCUT2D eigenvalue weighted by molar-refractivity contribution is 6.30. The van der Waals surface area contributed by atoms with Gasteiger partial charge in [0.1, 0.15) is 0 Å². The van der Waals surface area contributed by atoms with Crippen LogP contribution in [0.1, 0.15) is 38.7 Å². The van der Waals surface area contributed by atoms with Crippen LogP contribution in [0, 0.1) is 5.92 Å². The SMILES string of the molecule is CC(N)CC(c1ccc(Cl)cc1)C(N)C(C)C. The molecule has 0 saturated carbocycles. The molecule has 0 aliphatic carbocycles. The Morgan fingerprint density at radius 3 is 2.00 bits per heavy atom. The van der Waals surface area contributed by atoms with Crippen molar-refractivity contribution in [2.45, 2.75) is 45.2 Å². The van der Waals surface area contributed by atoms with Crippen molar-refractivity contribution in [2.75, 3.05) is 0 Å². The number of halogens is 1. The van der Waals surface area contributed by atoms with Gasteiger partial charge in [0.25, 0.3) is 0 Å². The van der Waals surface area contributed by atoms with E-state index in [-0.39, 0.29) is 12.1 Å². The van der Waals surface area contributed by atoms with Gasteiger partial charge in [-0.05, 0) is 37.0 Å². The topological polar surface area (TPSA) is 52.0 Å². The zero-order chi connectivity index (χ0) is 13.0.